The van der Waals surface area contributed by atoms with Gasteiger partial charge in [-0.1, -0.05) is 13.3 Å². The second kappa shape index (κ2) is 10.2. The summed E-state index contributed by atoms with van der Waals surface area (Å²) in [6.07, 6.45) is 1.71. The van der Waals surface area contributed by atoms with E-state index in [9.17, 15) is 19.2 Å². The van der Waals surface area contributed by atoms with Crippen molar-refractivity contribution in [1.29, 1.82) is 0 Å². The van der Waals surface area contributed by atoms with Gasteiger partial charge < -0.3 is 19.8 Å². The number of imide groups is 1. The average molecular weight is 367 g/mol. The van der Waals surface area contributed by atoms with Crippen LogP contribution in [0, 0.1) is 13.8 Å². The molecule has 9 nitrogen and oxygen atoms in total. The first-order chi connectivity index (χ1) is 12.3. The first-order valence-corrected chi connectivity index (χ1v) is 8.42. The summed E-state index contributed by atoms with van der Waals surface area (Å²) in [5.41, 5.74) is 1.13. The van der Waals surface area contributed by atoms with Gasteiger partial charge in [0.15, 0.2) is 6.61 Å². The minimum Gasteiger partial charge on any atom is -0.461 e. The van der Waals surface area contributed by atoms with Crippen molar-refractivity contribution in [3.63, 3.8) is 0 Å². The number of H-pyrrole nitrogens is 1. The van der Waals surface area contributed by atoms with Gasteiger partial charge in [0.2, 0.25) is 0 Å². The summed E-state index contributed by atoms with van der Waals surface area (Å²) in [5.74, 6) is -2.09. The molecule has 0 saturated carbocycles. The largest absolute Gasteiger partial charge is 0.461 e. The SMILES string of the molecule is CCCCNC(=O)NC(=O)COC(=O)c1c(C)[nH]c(C(=O)OCC)c1C. The van der Waals surface area contributed by atoms with E-state index < -0.39 is 30.5 Å². The fraction of sp³-hybridized carbons (Fsp3) is 0.529. The molecule has 3 amide bonds. The third-order valence-electron chi connectivity index (χ3n) is 3.52. The number of aryl methyl sites for hydroxylation is 1. The minimum atomic E-state index is -0.770. The molecular formula is C17H25N3O6. The highest BCUT2D eigenvalue weighted by Gasteiger charge is 2.24. The Kier molecular flexibility index (Phi) is 8.33. The van der Waals surface area contributed by atoms with Crippen LogP contribution in [-0.4, -0.2) is 48.6 Å². The van der Waals surface area contributed by atoms with Crippen molar-refractivity contribution in [2.24, 2.45) is 0 Å². The number of unbranched alkanes of at least 4 members (excludes halogenated alkanes) is 1. The van der Waals surface area contributed by atoms with Crippen LogP contribution >= 0.6 is 0 Å². The zero-order chi connectivity index (χ0) is 19.7. The van der Waals surface area contributed by atoms with Crippen molar-refractivity contribution >= 4 is 23.9 Å². The zero-order valence-electron chi connectivity index (χ0n) is 15.5. The van der Waals surface area contributed by atoms with Crippen LogP contribution in [0.25, 0.3) is 0 Å². The summed E-state index contributed by atoms with van der Waals surface area (Å²) < 4.78 is 9.84. The third kappa shape index (κ3) is 5.91. The maximum atomic E-state index is 12.2. The number of carbonyl (C=O) groups excluding carboxylic acids is 4. The van der Waals surface area contributed by atoms with Crippen molar-refractivity contribution in [3.8, 4) is 0 Å². The fourth-order valence-electron chi connectivity index (χ4n) is 2.25. The Morgan fingerprint density at radius 2 is 1.73 bits per heavy atom. The first kappa shape index (κ1) is 21.2. The average Bonchev–Trinajstić information content (AvgIpc) is 2.88. The number of hydrogen-bond donors (Lipinski definition) is 3. The lowest BCUT2D eigenvalue weighted by molar-refractivity contribution is -0.123. The van der Waals surface area contributed by atoms with Crippen LogP contribution < -0.4 is 10.6 Å². The Morgan fingerprint density at radius 1 is 1.04 bits per heavy atom. The van der Waals surface area contributed by atoms with Crippen molar-refractivity contribution in [1.82, 2.24) is 15.6 Å². The number of hydrogen-bond acceptors (Lipinski definition) is 6. The van der Waals surface area contributed by atoms with Gasteiger partial charge in [0.1, 0.15) is 5.69 Å². The van der Waals surface area contributed by atoms with E-state index >= 15 is 0 Å². The number of aromatic nitrogens is 1. The van der Waals surface area contributed by atoms with E-state index in [2.05, 4.69) is 15.6 Å². The van der Waals surface area contributed by atoms with E-state index in [0.29, 0.717) is 17.8 Å². The van der Waals surface area contributed by atoms with E-state index in [-0.39, 0.29) is 17.9 Å². The normalized spacial score (nSPS) is 10.2. The van der Waals surface area contributed by atoms with Crippen molar-refractivity contribution in [2.45, 2.75) is 40.5 Å². The molecule has 0 aliphatic heterocycles. The number of amides is 3. The van der Waals surface area contributed by atoms with Gasteiger partial charge in [-0.2, -0.15) is 0 Å². The Hall–Kier alpha value is -2.84. The smallest absolute Gasteiger partial charge is 0.355 e. The number of nitrogens with one attached hydrogen (secondary N) is 3. The lowest BCUT2D eigenvalue weighted by atomic mass is 10.1. The number of ether oxygens (including phenoxy) is 2. The Labute approximate surface area is 151 Å². The molecule has 0 saturated heterocycles. The summed E-state index contributed by atoms with van der Waals surface area (Å²) in [5, 5.41) is 4.58. The van der Waals surface area contributed by atoms with Crippen molar-refractivity contribution < 1.29 is 28.7 Å². The Bertz CT molecular complexity index is 680. The number of rotatable bonds is 8. The summed E-state index contributed by atoms with van der Waals surface area (Å²) in [7, 11) is 0. The molecule has 1 heterocycles. The van der Waals surface area contributed by atoms with Crippen LogP contribution in [0.5, 0.6) is 0 Å². The van der Waals surface area contributed by atoms with Gasteiger partial charge in [-0.05, 0) is 32.8 Å². The van der Waals surface area contributed by atoms with E-state index in [4.69, 9.17) is 9.47 Å². The predicted molar refractivity (Wildman–Crippen MR) is 93.0 cm³/mol. The van der Waals surface area contributed by atoms with Gasteiger partial charge in [-0.25, -0.2) is 14.4 Å². The van der Waals surface area contributed by atoms with E-state index in [1.165, 1.54) is 0 Å². The topological polar surface area (TPSA) is 127 Å². The van der Waals surface area contributed by atoms with E-state index in [0.717, 1.165) is 12.8 Å². The van der Waals surface area contributed by atoms with Crippen molar-refractivity contribution in [3.05, 3.63) is 22.5 Å². The van der Waals surface area contributed by atoms with Crippen LogP contribution in [-0.2, 0) is 14.3 Å². The van der Waals surface area contributed by atoms with Crippen molar-refractivity contribution in [2.75, 3.05) is 19.8 Å². The molecule has 0 aliphatic carbocycles. The van der Waals surface area contributed by atoms with Crippen LogP contribution in [0.2, 0.25) is 0 Å². The summed E-state index contributed by atoms with van der Waals surface area (Å²) >= 11 is 0. The van der Waals surface area contributed by atoms with Gasteiger partial charge in [0, 0.05) is 12.2 Å². The van der Waals surface area contributed by atoms with Crippen LogP contribution in [0.15, 0.2) is 0 Å². The monoisotopic (exact) mass is 367 g/mol. The van der Waals surface area contributed by atoms with Gasteiger partial charge in [0.25, 0.3) is 5.91 Å². The van der Waals surface area contributed by atoms with Gasteiger partial charge in [-0.15, -0.1) is 0 Å². The van der Waals surface area contributed by atoms with Gasteiger partial charge >= 0.3 is 18.0 Å². The maximum absolute atomic E-state index is 12.2. The molecule has 26 heavy (non-hydrogen) atoms. The molecule has 0 fully saturated rings. The standard InChI is InChI=1S/C17H25N3O6/c1-5-7-8-18-17(24)20-12(21)9-26-15(22)13-10(3)14(19-11(13)4)16(23)25-6-2/h19H,5-9H2,1-4H3,(H2,18,20,21,24). The molecular weight excluding hydrogens is 342 g/mol. The van der Waals surface area contributed by atoms with Gasteiger partial charge in [0.05, 0.1) is 12.2 Å². The van der Waals surface area contributed by atoms with Crippen LogP contribution in [0.1, 0.15) is 58.8 Å². The minimum absolute atomic E-state index is 0.160. The molecule has 0 aliphatic rings. The molecule has 9 heteroatoms. The quantitative estimate of drug-likeness (QED) is 0.473. The second-order valence-electron chi connectivity index (χ2n) is 5.58. The van der Waals surface area contributed by atoms with E-state index in [1.54, 1.807) is 20.8 Å². The lowest BCUT2D eigenvalue weighted by Gasteiger charge is -2.07. The molecule has 0 unspecified atom stereocenters. The molecule has 3 N–H and O–H groups in total. The lowest BCUT2D eigenvalue weighted by Crippen LogP contribution is -2.41. The molecule has 1 rings (SSSR count). The van der Waals surface area contributed by atoms with Gasteiger partial charge in [-0.3, -0.25) is 10.1 Å². The number of esters is 2. The number of urea groups is 1. The first-order valence-electron chi connectivity index (χ1n) is 8.42. The Balaban J connectivity index is 2.62. The summed E-state index contributed by atoms with van der Waals surface area (Å²) in [6.45, 7) is 6.88. The molecule has 144 valence electrons. The highest BCUT2D eigenvalue weighted by molar-refractivity contribution is 6.00. The molecule has 0 bridgehead atoms. The molecule has 1 aromatic heterocycles. The summed E-state index contributed by atoms with van der Waals surface area (Å²) in [4.78, 5) is 49.9. The zero-order valence-corrected chi connectivity index (χ0v) is 15.5. The van der Waals surface area contributed by atoms with Crippen LogP contribution in [0.3, 0.4) is 0 Å². The van der Waals surface area contributed by atoms with Crippen LogP contribution in [0.4, 0.5) is 4.79 Å². The molecule has 0 aromatic carbocycles. The van der Waals surface area contributed by atoms with E-state index in [1.807, 2.05) is 6.92 Å². The molecule has 0 radical (unpaired) electrons. The predicted octanol–water partition coefficient (Wildman–Crippen LogP) is 1.59. The third-order valence-corrected chi connectivity index (χ3v) is 3.52. The fourth-order valence-corrected chi connectivity index (χ4v) is 2.25. The number of aromatic amines is 1. The summed E-state index contributed by atoms with van der Waals surface area (Å²) in [6, 6.07) is -0.641. The molecule has 1 aromatic rings. The number of carbonyl (C=O) groups is 4. The molecule has 0 atom stereocenters. The molecule has 0 spiro atoms. The maximum Gasteiger partial charge on any atom is 0.355 e. The second-order valence-corrected chi connectivity index (χ2v) is 5.58. The highest BCUT2D eigenvalue weighted by Crippen LogP contribution is 2.19. The Morgan fingerprint density at radius 3 is 2.35 bits per heavy atom. The highest BCUT2D eigenvalue weighted by atomic mass is 16.5.